The molecule has 3 aromatic rings. The van der Waals surface area contributed by atoms with Crippen molar-refractivity contribution in [2.24, 2.45) is 0 Å². The number of aromatic nitrogens is 2. The monoisotopic (exact) mass is 338 g/mol. The van der Waals surface area contributed by atoms with Crippen molar-refractivity contribution in [1.82, 2.24) is 15.3 Å². The first-order valence-electron chi connectivity index (χ1n) is 8.45. The van der Waals surface area contributed by atoms with Gasteiger partial charge in [0.25, 0.3) is 5.91 Å². The number of carbonyl (C=O) groups excluding carboxylic acids is 1. The summed E-state index contributed by atoms with van der Waals surface area (Å²) in [6.07, 6.45) is 4.23. The van der Waals surface area contributed by atoms with Crippen molar-refractivity contribution in [2.45, 2.75) is 19.4 Å². The van der Waals surface area contributed by atoms with Gasteiger partial charge in [0.15, 0.2) is 0 Å². The lowest BCUT2D eigenvalue weighted by atomic mass is 10.2. The van der Waals surface area contributed by atoms with Gasteiger partial charge in [-0.2, -0.15) is 0 Å². The highest BCUT2D eigenvalue weighted by atomic mass is 19.1. The molecule has 1 aliphatic heterocycles. The summed E-state index contributed by atoms with van der Waals surface area (Å²) in [5, 5.41) is 3.54. The predicted molar refractivity (Wildman–Crippen MR) is 95.1 cm³/mol. The lowest BCUT2D eigenvalue weighted by Gasteiger charge is -2.16. The Bertz CT molecular complexity index is 897. The smallest absolute Gasteiger partial charge is 0.267 e. The first-order valence-corrected chi connectivity index (χ1v) is 8.45. The van der Waals surface area contributed by atoms with Gasteiger partial charge in [-0.3, -0.25) is 4.79 Å². The molecule has 0 spiro atoms. The zero-order chi connectivity index (χ0) is 17.2. The number of nitrogens with zero attached hydrogens (tertiary/aromatic N) is 2. The molecule has 25 heavy (non-hydrogen) atoms. The van der Waals surface area contributed by atoms with E-state index in [4.69, 9.17) is 0 Å². The van der Waals surface area contributed by atoms with Gasteiger partial charge in [-0.25, -0.2) is 9.37 Å². The van der Waals surface area contributed by atoms with Crippen molar-refractivity contribution in [3.63, 3.8) is 0 Å². The second-order valence-electron chi connectivity index (χ2n) is 6.32. The number of fused-ring (bicyclic) bond motifs is 1. The van der Waals surface area contributed by atoms with Gasteiger partial charge in [-0.15, -0.1) is 0 Å². The average Bonchev–Trinajstić information content (AvgIpc) is 3.29. The Kier molecular flexibility index (Phi) is 4.09. The van der Waals surface area contributed by atoms with Crippen molar-refractivity contribution in [3.05, 3.63) is 59.7 Å². The minimum Gasteiger partial charge on any atom is -0.357 e. The molecule has 0 bridgehead atoms. The third-order valence-electron chi connectivity index (χ3n) is 4.52. The van der Waals surface area contributed by atoms with Crippen LogP contribution < -0.4 is 10.2 Å². The summed E-state index contributed by atoms with van der Waals surface area (Å²) in [7, 11) is 0. The van der Waals surface area contributed by atoms with E-state index in [-0.39, 0.29) is 11.7 Å². The van der Waals surface area contributed by atoms with E-state index in [1.54, 1.807) is 18.3 Å². The average molecular weight is 338 g/mol. The molecule has 0 saturated carbocycles. The SMILES string of the molecule is O=C(NCc1ccc(N2CCCC2)nc1)c1cc2cc(F)ccc2[nH]1. The number of hydrogen-bond acceptors (Lipinski definition) is 3. The van der Waals surface area contributed by atoms with E-state index < -0.39 is 0 Å². The molecule has 2 aromatic heterocycles. The molecule has 128 valence electrons. The fourth-order valence-electron chi connectivity index (χ4n) is 3.16. The van der Waals surface area contributed by atoms with Gasteiger partial charge in [0.1, 0.15) is 17.3 Å². The normalized spacial score (nSPS) is 14.2. The molecule has 1 saturated heterocycles. The molecular weight excluding hydrogens is 319 g/mol. The van der Waals surface area contributed by atoms with E-state index in [0.29, 0.717) is 17.6 Å². The van der Waals surface area contributed by atoms with E-state index >= 15 is 0 Å². The number of aromatic amines is 1. The van der Waals surface area contributed by atoms with Crippen LogP contribution in [0.4, 0.5) is 10.2 Å². The van der Waals surface area contributed by atoms with Crippen LogP contribution in [0.1, 0.15) is 28.9 Å². The number of benzene rings is 1. The summed E-state index contributed by atoms with van der Waals surface area (Å²) >= 11 is 0. The van der Waals surface area contributed by atoms with Gasteiger partial charge >= 0.3 is 0 Å². The van der Waals surface area contributed by atoms with Crippen molar-refractivity contribution < 1.29 is 9.18 Å². The van der Waals surface area contributed by atoms with E-state index in [0.717, 1.165) is 30.0 Å². The first kappa shape index (κ1) is 15.6. The summed E-state index contributed by atoms with van der Waals surface area (Å²) in [6, 6.07) is 10.0. The Labute approximate surface area is 144 Å². The minimum atomic E-state index is -0.317. The van der Waals surface area contributed by atoms with Gasteiger partial charge < -0.3 is 15.2 Å². The van der Waals surface area contributed by atoms with E-state index in [9.17, 15) is 9.18 Å². The van der Waals surface area contributed by atoms with Crippen molar-refractivity contribution in [1.29, 1.82) is 0 Å². The number of carbonyl (C=O) groups is 1. The summed E-state index contributed by atoms with van der Waals surface area (Å²) in [6.45, 7) is 2.52. The molecule has 1 amide bonds. The number of hydrogen-bond donors (Lipinski definition) is 2. The molecule has 0 radical (unpaired) electrons. The molecular formula is C19H19FN4O. The molecule has 6 heteroatoms. The predicted octanol–water partition coefficient (Wildman–Crippen LogP) is 3.23. The summed E-state index contributed by atoms with van der Waals surface area (Å²) in [5.74, 6) is 0.452. The van der Waals surface area contributed by atoms with E-state index in [1.165, 1.54) is 25.0 Å². The Morgan fingerprint density at radius 3 is 2.80 bits per heavy atom. The molecule has 4 rings (SSSR count). The maximum absolute atomic E-state index is 13.2. The molecule has 0 aliphatic carbocycles. The van der Waals surface area contributed by atoms with Crippen molar-refractivity contribution in [2.75, 3.05) is 18.0 Å². The van der Waals surface area contributed by atoms with Gasteiger partial charge in [0, 0.05) is 36.7 Å². The summed E-state index contributed by atoms with van der Waals surface area (Å²) in [4.78, 5) is 22.0. The highest BCUT2D eigenvalue weighted by Crippen LogP contribution is 2.18. The van der Waals surface area contributed by atoms with Crippen LogP contribution in [0, 0.1) is 5.82 Å². The lowest BCUT2D eigenvalue weighted by molar-refractivity contribution is 0.0946. The van der Waals surface area contributed by atoms with Crippen LogP contribution in [0.15, 0.2) is 42.6 Å². The Morgan fingerprint density at radius 1 is 1.20 bits per heavy atom. The Balaban J connectivity index is 1.40. The number of pyridine rings is 1. The van der Waals surface area contributed by atoms with E-state index in [2.05, 4.69) is 20.2 Å². The molecule has 2 N–H and O–H groups in total. The fourth-order valence-corrected chi connectivity index (χ4v) is 3.16. The van der Waals surface area contributed by atoms with Gasteiger partial charge in [0.05, 0.1) is 0 Å². The number of H-pyrrole nitrogens is 1. The summed E-state index contributed by atoms with van der Waals surface area (Å²) < 4.78 is 13.2. The minimum absolute atomic E-state index is 0.222. The number of amides is 1. The lowest BCUT2D eigenvalue weighted by Crippen LogP contribution is -2.23. The largest absolute Gasteiger partial charge is 0.357 e. The van der Waals surface area contributed by atoms with Crippen LogP contribution in [0.5, 0.6) is 0 Å². The molecule has 0 atom stereocenters. The summed E-state index contributed by atoms with van der Waals surface area (Å²) in [5.41, 5.74) is 2.10. The van der Waals surface area contributed by atoms with Crippen LogP contribution in [0.2, 0.25) is 0 Å². The van der Waals surface area contributed by atoms with Crippen LogP contribution in [-0.4, -0.2) is 29.0 Å². The molecule has 1 fully saturated rings. The van der Waals surface area contributed by atoms with Crippen molar-refractivity contribution >= 4 is 22.6 Å². The number of halogens is 1. The number of rotatable bonds is 4. The quantitative estimate of drug-likeness (QED) is 0.768. The van der Waals surface area contributed by atoms with Crippen molar-refractivity contribution in [3.8, 4) is 0 Å². The maximum atomic E-state index is 13.2. The third kappa shape index (κ3) is 3.33. The van der Waals surface area contributed by atoms with Gasteiger partial charge in [-0.05, 0) is 48.7 Å². The van der Waals surface area contributed by atoms with Crippen LogP contribution in [0.3, 0.4) is 0 Å². The zero-order valence-electron chi connectivity index (χ0n) is 13.8. The molecule has 1 aromatic carbocycles. The Morgan fingerprint density at radius 2 is 2.04 bits per heavy atom. The topological polar surface area (TPSA) is 61.0 Å². The highest BCUT2D eigenvalue weighted by Gasteiger charge is 2.13. The Hall–Kier alpha value is -2.89. The molecule has 5 nitrogen and oxygen atoms in total. The fraction of sp³-hybridized carbons (Fsp3) is 0.263. The second kappa shape index (κ2) is 6.55. The zero-order valence-corrected chi connectivity index (χ0v) is 13.8. The van der Waals surface area contributed by atoms with Gasteiger partial charge in [0.2, 0.25) is 0 Å². The first-order chi connectivity index (χ1) is 12.2. The molecule has 3 heterocycles. The standard InChI is InChI=1S/C19H19FN4O/c20-15-4-5-16-14(9-15)10-17(23-16)19(25)22-12-13-3-6-18(21-11-13)24-7-1-2-8-24/h3-6,9-11,23H,1-2,7-8,12H2,(H,22,25). The number of nitrogens with one attached hydrogen (secondary N) is 2. The third-order valence-corrected chi connectivity index (χ3v) is 4.52. The van der Waals surface area contributed by atoms with E-state index in [1.807, 2.05) is 12.1 Å². The second-order valence-corrected chi connectivity index (χ2v) is 6.32. The molecule has 0 unspecified atom stereocenters. The van der Waals surface area contributed by atoms with Crippen LogP contribution in [0.25, 0.3) is 10.9 Å². The maximum Gasteiger partial charge on any atom is 0.267 e. The van der Waals surface area contributed by atoms with Crippen LogP contribution >= 0.6 is 0 Å². The van der Waals surface area contributed by atoms with Crippen LogP contribution in [-0.2, 0) is 6.54 Å². The molecule has 1 aliphatic rings. The number of anilines is 1. The van der Waals surface area contributed by atoms with Gasteiger partial charge in [-0.1, -0.05) is 6.07 Å². The highest BCUT2D eigenvalue weighted by molar-refractivity contribution is 5.97.